The molecule has 0 saturated carbocycles. The molecule has 0 unspecified atom stereocenters. The molecule has 0 amide bonds. The fourth-order valence-electron chi connectivity index (χ4n) is 3.65. The summed E-state index contributed by atoms with van der Waals surface area (Å²) in [6, 6.07) is 17.1. The molecule has 0 aliphatic carbocycles. The largest absolute Gasteiger partial charge is 0.299 e. The van der Waals surface area contributed by atoms with Gasteiger partial charge in [-0.1, -0.05) is 36.4 Å². The van der Waals surface area contributed by atoms with Gasteiger partial charge in [-0.2, -0.15) is 0 Å². The second kappa shape index (κ2) is 7.19. The van der Waals surface area contributed by atoms with E-state index in [9.17, 15) is 0 Å². The van der Waals surface area contributed by atoms with Crippen molar-refractivity contribution in [3.63, 3.8) is 0 Å². The summed E-state index contributed by atoms with van der Waals surface area (Å²) in [7, 11) is 0. The molecule has 1 saturated heterocycles. The number of piperidine rings is 1. The van der Waals surface area contributed by atoms with Gasteiger partial charge < -0.3 is 0 Å². The van der Waals surface area contributed by atoms with Gasteiger partial charge in [0.25, 0.3) is 0 Å². The minimum atomic E-state index is 0.552. The van der Waals surface area contributed by atoms with Crippen molar-refractivity contribution in [1.29, 1.82) is 0 Å². The van der Waals surface area contributed by atoms with Crippen LogP contribution in [0.4, 0.5) is 0 Å². The van der Waals surface area contributed by atoms with E-state index in [2.05, 4.69) is 58.4 Å². The van der Waals surface area contributed by atoms with E-state index in [1.165, 1.54) is 24.1 Å². The number of benzene rings is 1. The quantitative estimate of drug-likeness (QED) is 0.725. The van der Waals surface area contributed by atoms with Gasteiger partial charge in [0.05, 0.1) is 0 Å². The Balaban J connectivity index is 1.42. The number of aromatic nitrogens is 3. The first-order valence-electron chi connectivity index (χ1n) is 9.03. The molecule has 1 aliphatic heterocycles. The smallest absolute Gasteiger partial charge is 0.138 e. The van der Waals surface area contributed by atoms with E-state index in [1.807, 2.05) is 23.9 Å². The van der Waals surface area contributed by atoms with E-state index >= 15 is 0 Å². The first kappa shape index (κ1) is 16.0. The molecule has 4 rings (SSSR count). The van der Waals surface area contributed by atoms with Gasteiger partial charge in [-0.25, -0.2) is 9.97 Å². The number of nitrogens with zero attached hydrogens (tertiary/aromatic N) is 4. The van der Waals surface area contributed by atoms with E-state index in [-0.39, 0.29) is 0 Å². The zero-order chi connectivity index (χ0) is 17.1. The van der Waals surface area contributed by atoms with Crippen molar-refractivity contribution in [1.82, 2.24) is 19.4 Å². The fourth-order valence-corrected chi connectivity index (χ4v) is 3.65. The Morgan fingerprint density at radius 1 is 1.00 bits per heavy atom. The van der Waals surface area contributed by atoms with Crippen molar-refractivity contribution in [2.75, 3.05) is 13.1 Å². The molecule has 0 atom stereocenters. The lowest BCUT2D eigenvalue weighted by Gasteiger charge is -2.31. The molecule has 0 radical (unpaired) electrons. The zero-order valence-corrected chi connectivity index (χ0v) is 14.7. The summed E-state index contributed by atoms with van der Waals surface area (Å²) in [5.74, 6) is 2.50. The van der Waals surface area contributed by atoms with Crippen LogP contribution in [0.3, 0.4) is 0 Å². The van der Waals surface area contributed by atoms with Gasteiger partial charge in [-0.3, -0.25) is 9.47 Å². The van der Waals surface area contributed by atoms with E-state index in [1.54, 1.807) is 0 Å². The summed E-state index contributed by atoms with van der Waals surface area (Å²) in [4.78, 5) is 11.8. The maximum Gasteiger partial charge on any atom is 0.138 e. The van der Waals surface area contributed by atoms with Crippen LogP contribution in [0.25, 0.3) is 5.82 Å². The van der Waals surface area contributed by atoms with Gasteiger partial charge in [-0.05, 0) is 50.6 Å². The van der Waals surface area contributed by atoms with Crippen LogP contribution in [-0.2, 0) is 6.54 Å². The molecule has 3 aromatic rings. The molecule has 0 N–H and O–H groups in total. The number of hydrogen-bond donors (Lipinski definition) is 0. The molecule has 1 fully saturated rings. The molecule has 25 heavy (non-hydrogen) atoms. The lowest BCUT2D eigenvalue weighted by Crippen LogP contribution is -2.32. The zero-order valence-electron chi connectivity index (χ0n) is 14.7. The second-order valence-corrected chi connectivity index (χ2v) is 6.80. The molecule has 1 aliphatic rings. The van der Waals surface area contributed by atoms with E-state index in [0.29, 0.717) is 5.92 Å². The Hall–Kier alpha value is -2.46. The topological polar surface area (TPSA) is 34.0 Å². The maximum atomic E-state index is 4.91. The summed E-state index contributed by atoms with van der Waals surface area (Å²) in [6.45, 7) is 5.33. The minimum absolute atomic E-state index is 0.552. The van der Waals surface area contributed by atoms with Gasteiger partial charge in [0.1, 0.15) is 11.6 Å². The number of imidazole rings is 1. The van der Waals surface area contributed by atoms with Crippen molar-refractivity contribution in [3.05, 3.63) is 78.0 Å². The normalized spacial score (nSPS) is 16.2. The van der Waals surface area contributed by atoms with Crippen LogP contribution in [0.1, 0.15) is 35.8 Å². The maximum absolute atomic E-state index is 4.91. The molecule has 0 spiro atoms. The SMILES string of the molecule is Cc1nccn1-c1cccc(C2CCN(Cc3ccccc3)CC2)n1. The summed E-state index contributed by atoms with van der Waals surface area (Å²) in [6.07, 6.45) is 6.15. The van der Waals surface area contributed by atoms with Crippen LogP contribution in [-0.4, -0.2) is 32.5 Å². The van der Waals surface area contributed by atoms with Crippen molar-refractivity contribution in [2.24, 2.45) is 0 Å². The van der Waals surface area contributed by atoms with Crippen molar-refractivity contribution < 1.29 is 0 Å². The fraction of sp³-hybridized carbons (Fsp3) is 0.333. The third-order valence-corrected chi connectivity index (χ3v) is 5.08. The highest BCUT2D eigenvalue weighted by molar-refractivity contribution is 5.28. The molecule has 0 bridgehead atoms. The Bertz CT molecular complexity index is 817. The first-order valence-corrected chi connectivity index (χ1v) is 9.03. The molecular formula is C21H24N4. The average Bonchev–Trinajstić information content (AvgIpc) is 3.09. The lowest BCUT2D eigenvalue weighted by molar-refractivity contribution is 0.203. The van der Waals surface area contributed by atoms with Crippen molar-refractivity contribution in [2.45, 2.75) is 32.2 Å². The molecule has 2 aromatic heterocycles. The predicted molar refractivity (Wildman–Crippen MR) is 99.8 cm³/mol. The number of hydrogen-bond acceptors (Lipinski definition) is 3. The van der Waals surface area contributed by atoms with Crippen molar-refractivity contribution in [3.8, 4) is 5.82 Å². The van der Waals surface area contributed by atoms with Crippen LogP contribution in [0.2, 0.25) is 0 Å². The number of pyridine rings is 1. The van der Waals surface area contributed by atoms with Crippen LogP contribution < -0.4 is 0 Å². The van der Waals surface area contributed by atoms with Crippen LogP contribution in [0.15, 0.2) is 60.9 Å². The van der Waals surface area contributed by atoms with Crippen LogP contribution in [0.5, 0.6) is 0 Å². The highest BCUT2D eigenvalue weighted by atomic mass is 15.1. The molecular weight excluding hydrogens is 308 g/mol. The van der Waals surface area contributed by atoms with E-state index in [0.717, 1.165) is 31.3 Å². The predicted octanol–water partition coefficient (Wildman–Crippen LogP) is 3.96. The molecule has 3 heterocycles. The van der Waals surface area contributed by atoms with Gasteiger partial charge in [0.2, 0.25) is 0 Å². The molecule has 4 nitrogen and oxygen atoms in total. The Morgan fingerprint density at radius 3 is 2.52 bits per heavy atom. The Morgan fingerprint density at radius 2 is 1.80 bits per heavy atom. The summed E-state index contributed by atoms with van der Waals surface area (Å²) < 4.78 is 2.05. The Labute approximate surface area is 149 Å². The van der Waals surface area contributed by atoms with Crippen LogP contribution in [0, 0.1) is 6.92 Å². The van der Waals surface area contributed by atoms with Gasteiger partial charge in [0.15, 0.2) is 0 Å². The third-order valence-electron chi connectivity index (χ3n) is 5.08. The van der Waals surface area contributed by atoms with Crippen LogP contribution >= 0.6 is 0 Å². The molecule has 1 aromatic carbocycles. The second-order valence-electron chi connectivity index (χ2n) is 6.80. The summed E-state index contributed by atoms with van der Waals surface area (Å²) in [5.41, 5.74) is 2.61. The standard InChI is InChI=1S/C21H24N4/c1-17-22-12-15-25(17)21-9-5-8-20(23-21)19-10-13-24(14-11-19)16-18-6-3-2-4-7-18/h2-9,12,15,19H,10-11,13-14,16H2,1H3. The summed E-state index contributed by atoms with van der Waals surface area (Å²) >= 11 is 0. The monoisotopic (exact) mass is 332 g/mol. The lowest BCUT2D eigenvalue weighted by atomic mass is 9.93. The highest BCUT2D eigenvalue weighted by Crippen LogP contribution is 2.28. The first-order chi connectivity index (χ1) is 12.3. The van der Waals surface area contributed by atoms with Gasteiger partial charge in [0, 0.05) is 30.6 Å². The number of likely N-dealkylation sites (tertiary alicyclic amines) is 1. The molecule has 4 heteroatoms. The van der Waals surface area contributed by atoms with Gasteiger partial charge in [-0.15, -0.1) is 0 Å². The summed E-state index contributed by atoms with van der Waals surface area (Å²) in [5, 5.41) is 0. The van der Waals surface area contributed by atoms with Gasteiger partial charge >= 0.3 is 0 Å². The van der Waals surface area contributed by atoms with E-state index in [4.69, 9.17) is 4.98 Å². The molecule has 128 valence electrons. The third kappa shape index (κ3) is 3.64. The average molecular weight is 332 g/mol. The van der Waals surface area contributed by atoms with Crippen molar-refractivity contribution >= 4 is 0 Å². The Kier molecular flexibility index (Phi) is 4.61. The van der Waals surface area contributed by atoms with E-state index < -0.39 is 0 Å². The highest BCUT2D eigenvalue weighted by Gasteiger charge is 2.22. The number of aryl methyl sites for hydroxylation is 1. The number of rotatable bonds is 4. The minimum Gasteiger partial charge on any atom is -0.299 e.